The van der Waals surface area contributed by atoms with E-state index >= 15 is 0 Å². The van der Waals surface area contributed by atoms with E-state index in [4.69, 9.17) is 17.3 Å². The molecule has 2 unspecified atom stereocenters. The van der Waals surface area contributed by atoms with Crippen LogP contribution in [0.3, 0.4) is 0 Å². The summed E-state index contributed by atoms with van der Waals surface area (Å²) >= 11 is 9.59. The number of hydrogen-bond acceptors (Lipinski definition) is 3. The molecule has 1 aromatic carbocycles. The highest BCUT2D eigenvalue weighted by Crippen LogP contribution is 2.28. The first-order valence-electron chi connectivity index (χ1n) is 7.66. The summed E-state index contributed by atoms with van der Waals surface area (Å²) in [4.78, 5) is 4.95. The van der Waals surface area contributed by atoms with Crippen molar-refractivity contribution in [2.45, 2.75) is 31.8 Å². The summed E-state index contributed by atoms with van der Waals surface area (Å²) in [5.74, 6) is 0. The molecule has 1 aromatic rings. The number of likely N-dealkylation sites (N-methyl/N-ethyl adjacent to an activating group) is 2. The van der Waals surface area contributed by atoms with Crippen molar-refractivity contribution in [3.8, 4) is 0 Å². The number of rotatable bonds is 6. The number of nitrogens with zero attached hydrogens (tertiary/aromatic N) is 2. The van der Waals surface area contributed by atoms with Gasteiger partial charge >= 0.3 is 0 Å². The highest BCUT2D eigenvalue weighted by atomic mass is 79.9. The summed E-state index contributed by atoms with van der Waals surface area (Å²) in [6, 6.07) is 6.99. The van der Waals surface area contributed by atoms with Crippen LogP contribution in [0.2, 0.25) is 5.02 Å². The predicted octanol–water partition coefficient (Wildman–Crippen LogP) is 3.52. The van der Waals surface area contributed by atoms with Crippen molar-refractivity contribution in [1.82, 2.24) is 9.80 Å². The molecule has 1 aliphatic rings. The maximum absolute atomic E-state index is 6.09. The molecule has 1 aliphatic heterocycles. The average Bonchev–Trinajstić information content (AvgIpc) is 2.90. The largest absolute Gasteiger partial charge is 0.329 e. The van der Waals surface area contributed by atoms with Gasteiger partial charge in [0.2, 0.25) is 0 Å². The molecule has 0 spiro atoms. The molecule has 0 aliphatic carbocycles. The molecule has 5 heteroatoms. The lowest BCUT2D eigenvalue weighted by Gasteiger charge is -2.33. The van der Waals surface area contributed by atoms with Crippen LogP contribution in [0.25, 0.3) is 0 Å². The van der Waals surface area contributed by atoms with Gasteiger partial charge in [-0.05, 0) is 66.6 Å². The number of benzene rings is 1. The molecule has 1 saturated heterocycles. The monoisotopic (exact) mass is 373 g/mol. The summed E-state index contributed by atoms with van der Waals surface area (Å²) < 4.78 is 0.935. The van der Waals surface area contributed by atoms with E-state index in [-0.39, 0.29) is 6.04 Å². The summed E-state index contributed by atoms with van der Waals surface area (Å²) in [6.07, 6.45) is 2.60. The third kappa shape index (κ3) is 4.20. The van der Waals surface area contributed by atoms with Crippen LogP contribution in [-0.4, -0.2) is 49.1 Å². The van der Waals surface area contributed by atoms with Gasteiger partial charge < -0.3 is 5.73 Å². The normalized spacial score (nSPS) is 21.1. The predicted molar refractivity (Wildman–Crippen MR) is 93.8 cm³/mol. The van der Waals surface area contributed by atoms with Crippen molar-refractivity contribution < 1.29 is 0 Å². The summed E-state index contributed by atoms with van der Waals surface area (Å²) in [6.45, 7) is 6.29. The molecule has 118 valence electrons. The molecular weight excluding hydrogens is 350 g/mol. The maximum atomic E-state index is 6.09. The van der Waals surface area contributed by atoms with Gasteiger partial charge in [-0.3, -0.25) is 9.80 Å². The number of likely N-dealkylation sites (tertiary alicyclic amines) is 1. The van der Waals surface area contributed by atoms with Gasteiger partial charge in [0, 0.05) is 29.6 Å². The van der Waals surface area contributed by atoms with Crippen LogP contribution in [0, 0.1) is 0 Å². The molecular formula is C16H25BrClN3. The Hall–Kier alpha value is -0.130. The van der Waals surface area contributed by atoms with E-state index in [0.717, 1.165) is 22.6 Å². The number of hydrogen-bond donors (Lipinski definition) is 1. The second-order valence-electron chi connectivity index (χ2n) is 5.79. The fourth-order valence-electron chi connectivity index (χ4n) is 3.27. The highest BCUT2D eigenvalue weighted by Gasteiger charge is 2.26. The third-order valence-electron chi connectivity index (χ3n) is 4.49. The fraction of sp³-hybridized carbons (Fsp3) is 0.625. The minimum atomic E-state index is 0.234. The molecule has 0 bridgehead atoms. The SMILES string of the molecule is CCN1CCCC1CN(C)C(CN)c1ccc(Cl)c(Br)c1. The molecule has 0 saturated carbocycles. The molecule has 0 aromatic heterocycles. The lowest BCUT2D eigenvalue weighted by atomic mass is 10.0. The average molecular weight is 375 g/mol. The zero-order valence-corrected chi connectivity index (χ0v) is 15.2. The van der Waals surface area contributed by atoms with Crippen molar-refractivity contribution in [2.75, 3.05) is 33.2 Å². The van der Waals surface area contributed by atoms with Crippen molar-refractivity contribution >= 4 is 27.5 Å². The zero-order valence-electron chi connectivity index (χ0n) is 12.9. The fourth-order valence-corrected chi connectivity index (χ4v) is 3.78. The van der Waals surface area contributed by atoms with Gasteiger partial charge in [0.15, 0.2) is 0 Å². The topological polar surface area (TPSA) is 32.5 Å². The minimum Gasteiger partial charge on any atom is -0.329 e. The van der Waals surface area contributed by atoms with Crippen LogP contribution in [0.5, 0.6) is 0 Å². The van der Waals surface area contributed by atoms with Crippen molar-refractivity contribution in [3.63, 3.8) is 0 Å². The van der Waals surface area contributed by atoms with Crippen LogP contribution in [0.4, 0.5) is 0 Å². The number of halogens is 2. The van der Waals surface area contributed by atoms with Gasteiger partial charge in [-0.2, -0.15) is 0 Å². The van der Waals surface area contributed by atoms with Gasteiger partial charge in [0.05, 0.1) is 5.02 Å². The quantitative estimate of drug-likeness (QED) is 0.827. The molecule has 2 atom stereocenters. The van der Waals surface area contributed by atoms with Gasteiger partial charge in [-0.1, -0.05) is 24.6 Å². The maximum Gasteiger partial charge on any atom is 0.0548 e. The van der Waals surface area contributed by atoms with E-state index in [1.165, 1.54) is 24.9 Å². The molecule has 1 heterocycles. The van der Waals surface area contributed by atoms with E-state index in [0.29, 0.717) is 12.6 Å². The van der Waals surface area contributed by atoms with Crippen LogP contribution in [0.15, 0.2) is 22.7 Å². The minimum absolute atomic E-state index is 0.234. The van der Waals surface area contributed by atoms with Gasteiger partial charge in [0.1, 0.15) is 0 Å². The van der Waals surface area contributed by atoms with Gasteiger partial charge in [0.25, 0.3) is 0 Å². The molecule has 3 nitrogen and oxygen atoms in total. The Morgan fingerprint density at radius 1 is 1.52 bits per heavy atom. The Kier molecular flexibility index (Phi) is 6.51. The van der Waals surface area contributed by atoms with Crippen LogP contribution in [0.1, 0.15) is 31.4 Å². The Balaban J connectivity index is 2.07. The molecule has 0 radical (unpaired) electrons. The van der Waals surface area contributed by atoms with Crippen molar-refractivity contribution in [2.24, 2.45) is 5.73 Å². The highest BCUT2D eigenvalue weighted by molar-refractivity contribution is 9.10. The molecule has 21 heavy (non-hydrogen) atoms. The van der Waals surface area contributed by atoms with Crippen LogP contribution >= 0.6 is 27.5 Å². The zero-order chi connectivity index (χ0) is 15.4. The summed E-state index contributed by atoms with van der Waals surface area (Å²) in [5.41, 5.74) is 7.25. The van der Waals surface area contributed by atoms with Gasteiger partial charge in [-0.15, -0.1) is 0 Å². The molecule has 0 amide bonds. The lowest BCUT2D eigenvalue weighted by Crippen LogP contribution is -2.41. The first-order valence-corrected chi connectivity index (χ1v) is 8.83. The molecule has 2 rings (SSSR count). The van der Waals surface area contributed by atoms with E-state index in [2.05, 4.69) is 51.8 Å². The second-order valence-corrected chi connectivity index (χ2v) is 7.05. The first kappa shape index (κ1) is 17.2. The standard InChI is InChI=1S/C16H25BrClN3/c1-3-21-8-4-5-13(21)11-20(2)16(10-19)12-6-7-15(18)14(17)9-12/h6-7,9,13,16H,3-5,8,10-11,19H2,1-2H3. The van der Waals surface area contributed by atoms with Crippen molar-refractivity contribution in [3.05, 3.63) is 33.3 Å². The Morgan fingerprint density at radius 3 is 2.90 bits per heavy atom. The number of nitrogens with two attached hydrogens (primary N) is 1. The van der Waals surface area contributed by atoms with Gasteiger partial charge in [-0.25, -0.2) is 0 Å². The van der Waals surface area contributed by atoms with Crippen LogP contribution < -0.4 is 5.73 Å². The Bertz CT molecular complexity index is 469. The van der Waals surface area contributed by atoms with E-state index in [1.807, 2.05) is 6.07 Å². The Labute approximate surface area is 141 Å². The third-order valence-corrected chi connectivity index (χ3v) is 5.70. The lowest BCUT2D eigenvalue weighted by molar-refractivity contribution is 0.166. The van der Waals surface area contributed by atoms with E-state index < -0.39 is 0 Å². The molecule has 1 fully saturated rings. The second kappa shape index (κ2) is 7.93. The Morgan fingerprint density at radius 2 is 2.29 bits per heavy atom. The smallest absolute Gasteiger partial charge is 0.0548 e. The summed E-state index contributed by atoms with van der Waals surface area (Å²) in [7, 11) is 2.17. The summed E-state index contributed by atoms with van der Waals surface area (Å²) in [5, 5.41) is 0.741. The first-order chi connectivity index (χ1) is 10.1. The van der Waals surface area contributed by atoms with Crippen LogP contribution in [-0.2, 0) is 0 Å². The van der Waals surface area contributed by atoms with Crippen molar-refractivity contribution in [1.29, 1.82) is 0 Å². The van der Waals surface area contributed by atoms with E-state index in [1.54, 1.807) is 0 Å². The van der Waals surface area contributed by atoms with E-state index in [9.17, 15) is 0 Å². The molecule has 2 N–H and O–H groups in total.